The zero-order chi connectivity index (χ0) is 13.4. The Bertz CT molecular complexity index is 404. The molecule has 18 heavy (non-hydrogen) atoms. The number of carbonyl (C=O) groups is 1. The number of methoxy groups -OCH3 is 1. The van der Waals surface area contributed by atoms with Crippen LogP contribution in [0.1, 0.15) is 16.8 Å². The molecule has 1 heterocycles. The van der Waals surface area contributed by atoms with Gasteiger partial charge in [0.25, 0.3) is 5.91 Å². The first kappa shape index (κ1) is 14.1. The van der Waals surface area contributed by atoms with Crippen molar-refractivity contribution in [1.82, 2.24) is 10.4 Å². The lowest BCUT2D eigenvalue weighted by atomic mass is 10.3. The fraction of sp³-hybridized carbons (Fsp3) is 0.417. The summed E-state index contributed by atoms with van der Waals surface area (Å²) in [5.41, 5.74) is 0.491. The number of ether oxygens (including phenoxy) is 1. The molecule has 0 saturated carbocycles. The van der Waals surface area contributed by atoms with Crippen LogP contribution in [-0.4, -0.2) is 36.4 Å². The molecule has 0 bridgehead atoms. The van der Waals surface area contributed by atoms with Gasteiger partial charge in [0, 0.05) is 19.7 Å². The Morgan fingerprint density at radius 3 is 3.00 bits per heavy atom. The van der Waals surface area contributed by atoms with Gasteiger partial charge in [0.1, 0.15) is 6.20 Å². The van der Waals surface area contributed by atoms with Crippen molar-refractivity contribution in [3.63, 3.8) is 0 Å². The van der Waals surface area contributed by atoms with E-state index in [0.29, 0.717) is 31.7 Å². The molecule has 0 atom stereocenters. The van der Waals surface area contributed by atoms with Crippen LogP contribution in [0.2, 0.25) is 0 Å². The highest BCUT2D eigenvalue weighted by Crippen LogP contribution is 1.94. The van der Waals surface area contributed by atoms with Gasteiger partial charge in [-0.05, 0) is 5.10 Å². The monoisotopic (exact) mass is 252 g/mol. The minimum Gasteiger partial charge on any atom is -0.513 e. The average Bonchev–Trinajstić information content (AvgIpc) is 2.37. The zero-order valence-corrected chi connectivity index (χ0v) is 10.4. The number of amides is 1. The molecule has 1 amide bonds. The SMILES string of the molecule is C=C(O)CC[n+]1ccc(C(=O)NCCOC)cn1. The Morgan fingerprint density at radius 1 is 1.67 bits per heavy atom. The fourth-order valence-electron chi connectivity index (χ4n) is 1.26. The van der Waals surface area contributed by atoms with E-state index in [2.05, 4.69) is 17.0 Å². The van der Waals surface area contributed by atoms with E-state index in [4.69, 9.17) is 9.84 Å². The summed E-state index contributed by atoms with van der Waals surface area (Å²) in [6.07, 6.45) is 3.62. The molecule has 6 heteroatoms. The lowest BCUT2D eigenvalue weighted by Gasteiger charge is -2.02. The van der Waals surface area contributed by atoms with Gasteiger partial charge in [-0.3, -0.25) is 4.79 Å². The van der Waals surface area contributed by atoms with Crippen molar-refractivity contribution in [2.24, 2.45) is 0 Å². The van der Waals surface area contributed by atoms with Gasteiger partial charge in [-0.1, -0.05) is 11.3 Å². The van der Waals surface area contributed by atoms with Crippen molar-refractivity contribution in [1.29, 1.82) is 0 Å². The topological polar surface area (TPSA) is 75.3 Å². The summed E-state index contributed by atoms with van der Waals surface area (Å²) in [6, 6.07) is 1.68. The molecule has 2 N–H and O–H groups in total. The Kier molecular flexibility index (Phi) is 5.79. The van der Waals surface area contributed by atoms with Crippen LogP contribution < -0.4 is 10.00 Å². The van der Waals surface area contributed by atoms with Crippen molar-refractivity contribution < 1.29 is 19.3 Å². The average molecular weight is 252 g/mol. The van der Waals surface area contributed by atoms with Crippen molar-refractivity contribution >= 4 is 5.91 Å². The van der Waals surface area contributed by atoms with E-state index >= 15 is 0 Å². The first-order valence-corrected chi connectivity index (χ1v) is 5.63. The van der Waals surface area contributed by atoms with Gasteiger partial charge < -0.3 is 15.2 Å². The van der Waals surface area contributed by atoms with Crippen LogP contribution in [0, 0.1) is 0 Å². The summed E-state index contributed by atoms with van der Waals surface area (Å²) >= 11 is 0. The minimum atomic E-state index is -0.182. The number of allylic oxidation sites excluding steroid dienone is 1. The summed E-state index contributed by atoms with van der Waals surface area (Å²) in [7, 11) is 1.58. The number of nitrogens with zero attached hydrogens (tertiary/aromatic N) is 2. The Balaban J connectivity index is 2.48. The van der Waals surface area contributed by atoms with Crippen LogP contribution in [0.3, 0.4) is 0 Å². The van der Waals surface area contributed by atoms with Crippen molar-refractivity contribution in [3.8, 4) is 0 Å². The summed E-state index contributed by atoms with van der Waals surface area (Å²) in [5, 5.41) is 15.7. The Morgan fingerprint density at radius 2 is 2.44 bits per heavy atom. The van der Waals surface area contributed by atoms with Gasteiger partial charge in [-0.15, -0.1) is 0 Å². The smallest absolute Gasteiger partial charge is 0.253 e. The van der Waals surface area contributed by atoms with Crippen LogP contribution in [0.5, 0.6) is 0 Å². The lowest BCUT2D eigenvalue weighted by molar-refractivity contribution is -0.753. The summed E-state index contributed by atoms with van der Waals surface area (Å²) in [5.74, 6) is -0.0658. The maximum Gasteiger partial charge on any atom is 0.253 e. The number of hydrogen-bond donors (Lipinski definition) is 2. The molecule has 0 fully saturated rings. The second kappa shape index (κ2) is 7.39. The Hall–Kier alpha value is -1.95. The molecule has 0 unspecified atom stereocenters. The third-order valence-corrected chi connectivity index (χ3v) is 2.25. The fourth-order valence-corrected chi connectivity index (χ4v) is 1.26. The molecule has 0 aliphatic carbocycles. The van der Waals surface area contributed by atoms with Crippen LogP contribution in [-0.2, 0) is 11.3 Å². The molecule has 6 nitrogen and oxygen atoms in total. The first-order valence-electron chi connectivity index (χ1n) is 5.63. The highest BCUT2D eigenvalue weighted by molar-refractivity contribution is 5.93. The number of nitrogens with one attached hydrogen (secondary N) is 1. The second-order valence-corrected chi connectivity index (χ2v) is 3.74. The van der Waals surface area contributed by atoms with Crippen LogP contribution in [0.25, 0.3) is 0 Å². The van der Waals surface area contributed by atoms with Gasteiger partial charge in [-0.25, -0.2) is 0 Å². The number of rotatable bonds is 7. The van der Waals surface area contributed by atoms with E-state index < -0.39 is 0 Å². The predicted molar refractivity (Wildman–Crippen MR) is 65.0 cm³/mol. The van der Waals surface area contributed by atoms with Crippen LogP contribution in [0.4, 0.5) is 0 Å². The number of hydrogen-bond acceptors (Lipinski definition) is 4. The molecule has 0 radical (unpaired) electrons. The largest absolute Gasteiger partial charge is 0.513 e. The van der Waals surface area contributed by atoms with Crippen molar-refractivity contribution in [2.75, 3.05) is 20.3 Å². The van der Waals surface area contributed by atoms with E-state index in [-0.39, 0.29) is 11.7 Å². The van der Waals surface area contributed by atoms with Crippen LogP contribution >= 0.6 is 0 Å². The molecule has 0 aromatic carbocycles. The van der Waals surface area contributed by atoms with Crippen LogP contribution in [0.15, 0.2) is 30.8 Å². The van der Waals surface area contributed by atoms with Crippen molar-refractivity contribution in [3.05, 3.63) is 36.4 Å². The number of carbonyl (C=O) groups excluding carboxylic acids is 1. The highest BCUT2D eigenvalue weighted by Gasteiger charge is 2.09. The molecule has 0 aliphatic rings. The normalized spacial score (nSPS) is 10.1. The van der Waals surface area contributed by atoms with Gasteiger partial charge in [0.05, 0.1) is 24.4 Å². The quantitative estimate of drug-likeness (QED) is 0.413. The molecule has 98 valence electrons. The second-order valence-electron chi connectivity index (χ2n) is 3.74. The summed E-state index contributed by atoms with van der Waals surface area (Å²) in [4.78, 5) is 11.6. The molecular formula is C12H18N3O3+. The molecule has 1 rings (SSSR count). The molecule has 0 aliphatic heterocycles. The minimum absolute atomic E-state index is 0.116. The molecule has 1 aromatic rings. The standard InChI is InChI=1S/C12H17N3O3/c1-10(16)3-6-15-7-4-11(9-14-15)12(17)13-5-8-18-2/h4,7,9H,1,3,5-6,8H2,2H3,(H-,13,16,17)/p+1. The highest BCUT2D eigenvalue weighted by atomic mass is 16.5. The number of aliphatic hydroxyl groups is 1. The maximum absolute atomic E-state index is 11.6. The van der Waals surface area contributed by atoms with Gasteiger partial charge in [0.2, 0.25) is 0 Å². The van der Waals surface area contributed by atoms with Gasteiger partial charge in [0.15, 0.2) is 12.7 Å². The van der Waals surface area contributed by atoms with E-state index in [1.807, 2.05) is 0 Å². The van der Waals surface area contributed by atoms with Gasteiger partial charge >= 0.3 is 0 Å². The third-order valence-electron chi connectivity index (χ3n) is 2.25. The Labute approximate surface area is 106 Å². The maximum atomic E-state index is 11.6. The van der Waals surface area contributed by atoms with E-state index in [1.54, 1.807) is 24.1 Å². The third kappa shape index (κ3) is 4.92. The van der Waals surface area contributed by atoms with E-state index in [9.17, 15) is 4.79 Å². The first-order chi connectivity index (χ1) is 8.63. The molecule has 1 aromatic heterocycles. The van der Waals surface area contributed by atoms with Gasteiger partial charge in [-0.2, -0.15) is 0 Å². The number of aromatic nitrogens is 2. The number of aliphatic hydroxyl groups excluding tert-OH is 1. The summed E-state index contributed by atoms with van der Waals surface area (Å²) < 4.78 is 6.47. The van der Waals surface area contributed by atoms with Crippen molar-refractivity contribution in [2.45, 2.75) is 13.0 Å². The molecule has 0 saturated heterocycles. The molecular weight excluding hydrogens is 234 g/mol. The zero-order valence-electron chi connectivity index (χ0n) is 10.4. The number of aryl methyl sites for hydroxylation is 1. The lowest BCUT2D eigenvalue weighted by Crippen LogP contribution is -2.38. The predicted octanol–water partition coefficient (Wildman–Crippen LogP) is 0.207. The molecule has 0 spiro atoms. The summed E-state index contributed by atoms with van der Waals surface area (Å²) in [6.45, 7) is 4.87. The van der Waals surface area contributed by atoms with E-state index in [0.717, 1.165) is 0 Å². The van der Waals surface area contributed by atoms with E-state index in [1.165, 1.54) is 6.20 Å².